The molecule has 142 valence electrons. The molecule has 0 N–H and O–H groups in total. The molecular formula is C25H38N+. The molecule has 0 fully saturated rings. The van der Waals surface area contributed by atoms with Crippen LogP contribution in [-0.4, -0.2) is 0 Å². The van der Waals surface area contributed by atoms with Crippen LogP contribution in [0.15, 0.2) is 24.4 Å². The summed E-state index contributed by atoms with van der Waals surface area (Å²) in [6.07, 6.45) is 1.82. The van der Waals surface area contributed by atoms with E-state index in [1.54, 1.807) is 0 Å². The van der Waals surface area contributed by atoms with E-state index in [-0.39, 0.29) is 0 Å². The highest BCUT2D eigenvalue weighted by molar-refractivity contribution is 5.75. The minimum atomic E-state index is -2.16. The van der Waals surface area contributed by atoms with Crippen LogP contribution in [0.5, 0.6) is 0 Å². The van der Waals surface area contributed by atoms with Gasteiger partial charge in [-0.1, -0.05) is 67.5 Å². The molecule has 0 atom stereocenters. The average Bonchev–Trinajstić information content (AvgIpc) is 2.59. The molecule has 0 amide bonds. The SMILES string of the molecule is [2H]C([2H])([2H])c1c[n+](C)c(C(C)C)cc1-c1c(C(C)C)cc(C(C)C)cc1C(C)C. The Kier molecular flexibility index (Phi) is 5.05. The molecule has 0 aliphatic rings. The second-order valence-electron chi connectivity index (χ2n) is 8.83. The van der Waals surface area contributed by atoms with E-state index in [0.29, 0.717) is 29.2 Å². The van der Waals surface area contributed by atoms with Crippen LogP contribution in [0.25, 0.3) is 11.1 Å². The third kappa shape index (κ3) is 4.03. The van der Waals surface area contributed by atoms with E-state index in [4.69, 9.17) is 4.11 Å². The van der Waals surface area contributed by atoms with Crippen LogP contribution in [0.1, 0.15) is 111 Å². The maximum atomic E-state index is 8.22. The zero-order valence-electron chi connectivity index (χ0n) is 21.1. The number of aryl methyl sites for hydroxylation is 2. The van der Waals surface area contributed by atoms with Gasteiger partial charge in [0.1, 0.15) is 7.05 Å². The fraction of sp³-hybridized carbons (Fsp3) is 0.560. The molecule has 1 aromatic carbocycles. The number of nitrogens with zero attached hydrogens (tertiary/aromatic N) is 1. The lowest BCUT2D eigenvalue weighted by Crippen LogP contribution is -2.34. The molecule has 0 unspecified atom stereocenters. The molecule has 0 aliphatic carbocycles. The van der Waals surface area contributed by atoms with Gasteiger partial charge in [-0.2, -0.15) is 0 Å². The maximum absolute atomic E-state index is 8.22. The second kappa shape index (κ2) is 7.94. The lowest BCUT2D eigenvalue weighted by Gasteiger charge is -2.24. The summed E-state index contributed by atoms with van der Waals surface area (Å²) in [6, 6.07) is 6.71. The first kappa shape index (κ1) is 16.5. The van der Waals surface area contributed by atoms with Crippen LogP contribution >= 0.6 is 0 Å². The summed E-state index contributed by atoms with van der Waals surface area (Å²) < 4.78 is 26.6. The number of benzene rings is 1. The highest BCUT2D eigenvalue weighted by atomic mass is 14.9. The Balaban J connectivity index is 3.04. The predicted octanol–water partition coefficient (Wildman–Crippen LogP) is 6.98. The highest BCUT2D eigenvalue weighted by Crippen LogP contribution is 2.40. The molecule has 0 radical (unpaired) electrons. The molecule has 0 saturated carbocycles. The summed E-state index contributed by atoms with van der Waals surface area (Å²) in [6.45, 7) is 15.4. The van der Waals surface area contributed by atoms with E-state index in [9.17, 15) is 0 Å². The van der Waals surface area contributed by atoms with Crippen molar-refractivity contribution in [2.75, 3.05) is 0 Å². The van der Waals surface area contributed by atoms with Crippen LogP contribution in [0.4, 0.5) is 0 Å². The van der Waals surface area contributed by atoms with Gasteiger partial charge in [0.25, 0.3) is 0 Å². The van der Waals surface area contributed by atoms with E-state index < -0.39 is 6.85 Å². The zero-order chi connectivity index (χ0) is 22.3. The monoisotopic (exact) mass is 355 g/mol. The van der Waals surface area contributed by atoms with Gasteiger partial charge in [0.15, 0.2) is 11.9 Å². The summed E-state index contributed by atoms with van der Waals surface area (Å²) in [4.78, 5) is 0. The minimum Gasteiger partial charge on any atom is -0.205 e. The zero-order valence-corrected chi connectivity index (χ0v) is 18.1. The summed E-state index contributed by atoms with van der Waals surface area (Å²) in [5.74, 6) is 1.36. The lowest BCUT2D eigenvalue weighted by atomic mass is 9.80. The Morgan fingerprint density at radius 1 is 0.769 bits per heavy atom. The normalized spacial score (nSPS) is 14.3. The van der Waals surface area contributed by atoms with Crippen molar-refractivity contribution in [1.29, 1.82) is 0 Å². The lowest BCUT2D eigenvalue weighted by molar-refractivity contribution is -0.680. The van der Waals surface area contributed by atoms with E-state index >= 15 is 0 Å². The molecule has 26 heavy (non-hydrogen) atoms. The summed E-state index contributed by atoms with van der Waals surface area (Å²) in [7, 11) is 1.95. The van der Waals surface area contributed by atoms with Crippen molar-refractivity contribution in [3.05, 3.63) is 52.3 Å². The first-order valence-corrected chi connectivity index (χ1v) is 9.97. The van der Waals surface area contributed by atoms with Gasteiger partial charge in [-0.15, -0.1) is 0 Å². The second-order valence-corrected chi connectivity index (χ2v) is 8.83. The molecular weight excluding hydrogens is 314 g/mol. The Labute approximate surface area is 165 Å². The van der Waals surface area contributed by atoms with Gasteiger partial charge >= 0.3 is 0 Å². The number of pyridine rings is 1. The molecule has 0 aliphatic heterocycles. The van der Waals surface area contributed by atoms with E-state index in [2.05, 4.69) is 73.6 Å². The first-order chi connectivity index (χ1) is 13.3. The number of hydrogen-bond donors (Lipinski definition) is 0. The van der Waals surface area contributed by atoms with Crippen LogP contribution in [-0.2, 0) is 7.05 Å². The summed E-state index contributed by atoms with van der Waals surface area (Å²) in [5, 5.41) is 0. The van der Waals surface area contributed by atoms with E-state index in [1.807, 2.05) is 17.8 Å². The van der Waals surface area contributed by atoms with Crippen molar-refractivity contribution in [2.45, 2.75) is 85.9 Å². The Morgan fingerprint density at radius 2 is 1.31 bits per heavy atom. The van der Waals surface area contributed by atoms with Gasteiger partial charge in [-0.05, 0) is 52.4 Å². The molecule has 2 rings (SSSR count). The van der Waals surface area contributed by atoms with Crippen LogP contribution in [0, 0.1) is 6.85 Å². The molecule has 0 saturated heterocycles. The van der Waals surface area contributed by atoms with Gasteiger partial charge in [0.2, 0.25) is 0 Å². The number of hydrogen-bond acceptors (Lipinski definition) is 0. The fourth-order valence-electron chi connectivity index (χ4n) is 3.71. The van der Waals surface area contributed by atoms with Gasteiger partial charge in [0, 0.05) is 21.7 Å². The Bertz CT molecular complexity index is 845. The van der Waals surface area contributed by atoms with Crippen molar-refractivity contribution < 1.29 is 8.68 Å². The molecule has 0 spiro atoms. The first-order valence-electron chi connectivity index (χ1n) is 11.5. The molecule has 1 heterocycles. The van der Waals surface area contributed by atoms with Crippen molar-refractivity contribution in [3.63, 3.8) is 0 Å². The van der Waals surface area contributed by atoms with Crippen molar-refractivity contribution >= 4 is 0 Å². The number of rotatable bonds is 5. The third-order valence-electron chi connectivity index (χ3n) is 5.31. The Morgan fingerprint density at radius 3 is 1.69 bits per heavy atom. The molecule has 1 heteroatoms. The largest absolute Gasteiger partial charge is 0.205 e. The maximum Gasteiger partial charge on any atom is 0.184 e. The van der Waals surface area contributed by atoms with Crippen molar-refractivity contribution in [1.82, 2.24) is 0 Å². The van der Waals surface area contributed by atoms with Crippen LogP contribution in [0.3, 0.4) is 0 Å². The molecule has 0 bridgehead atoms. The standard InChI is InChI=1S/C25H38N/c1-15(2)20-11-21(16(3)4)25(22(12-20)17(5)6)23-13-24(18(7)8)26(10)14-19(23)9/h11-18H,1-10H3/q+1/i9D3. The van der Waals surface area contributed by atoms with Gasteiger partial charge < -0.3 is 0 Å². The van der Waals surface area contributed by atoms with Crippen LogP contribution in [0.2, 0.25) is 0 Å². The predicted molar refractivity (Wildman–Crippen MR) is 114 cm³/mol. The highest BCUT2D eigenvalue weighted by Gasteiger charge is 2.23. The third-order valence-corrected chi connectivity index (χ3v) is 5.31. The van der Waals surface area contributed by atoms with E-state index in [0.717, 1.165) is 16.8 Å². The van der Waals surface area contributed by atoms with Gasteiger partial charge in [-0.25, -0.2) is 4.57 Å². The smallest absolute Gasteiger partial charge is 0.184 e. The van der Waals surface area contributed by atoms with Crippen LogP contribution < -0.4 is 4.57 Å². The molecule has 2 aromatic rings. The topological polar surface area (TPSA) is 3.88 Å². The van der Waals surface area contributed by atoms with Gasteiger partial charge in [0.05, 0.1) is 0 Å². The fourth-order valence-corrected chi connectivity index (χ4v) is 3.71. The Hall–Kier alpha value is -1.63. The van der Waals surface area contributed by atoms with E-state index in [1.165, 1.54) is 16.7 Å². The number of aromatic nitrogens is 1. The molecule has 1 aromatic heterocycles. The van der Waals surface area contributed by atoms with Crippen molar-refractivity contribution in [3.8, 4) is 11.1 Å². The summed E-state index contributed by atoms with van der Waals surface area (Å²) in [5.41, 5.74) is 7.38. The quantitative estimate of drug-likeness (QED) is 0.509. The minimum absolute atomic E-state index is 0.308. The summed E-state index contributed by atoms with van der Waals surface area (Å²) >= 11 is 0. The van der Waals surface area contributed by atoms with Crippen molar-refractivity contribution in [2.24, 2.45) is 7.05 Å². The van der Waals surface area contributed by atoms with Gasteiger partial charge in [-0.3, -0.25) is 0 Å². The molecule has 1 nitrogen and oxygen atoms in total. The average molecular weight is 356 g/mol.